The Labute approximate surface area is 342 Å². The Bertz CT molecular complexity index is 2200. The smallest absolute Gasteiger partial charge is 0.367 e. The molecule has 316 valence electrons. The van der Waals surface area contributed by atoms with Crippen molar-refractivity contribution < 1.29 is 43.9 Å². The fourth-order valence-corrected chi connectivity index (χ4v) is 7.17. The van der Waals surface area contributed by atoms with Gasteiger partial charge in [0.2, 0.25) is 0 Å². The molecule has 0 heterocycles. The average Bonchev–Trinajstić information content (AvgIpc) is 3.20. The number of halogens is 6. The van der Waals surface area contributed by atoms with Gasteiger partial charge in [0, 0.05) is 36.2 Å². The molecule has 0 aliphatic heterocycles. The maximum atomic E-state index is 13.2. The summed E-state index contributed by atoms with van der Waals surface area (Å²) in [7, 11) is -0.718. The molecule has 2 N–H and O–H groups in total. The third-order valence-corrected chi connectivity index (χ3v) is 10.1. The predicted molar refractivity (Wildman–Crippen MR) is 226 cm³/mol. The molecule has 6 nitrogen and oxygen atoms in total. The fraction of sp³-hybridized carbons (Fsp3) is 0.304. The second kappa shape index (κ2) is 20.7. The fourth-order valence-electron chi connectivity index (χ4n) is 7.17. The van der Waals surface area contributed by atoms with E-state index in [-0.39, 0.29) is 12.1 Å². The van der Waals surface area contributed by atoms with E-state index in [4.69, 9.17) is 17.5 Å². The zero-order chi connectivity index (χ0) is 43.4. The summed E-state index contributed by atoms with van der Waals surface area (Å²) >= 11 is 0. The van der Waals surface area contributed by atoms with Gasteiger partial charge in [-0.2, -0.15) is 34.8 Å². The highest BCUT2D eigenvalue weighted by Crippen LogP contribution is 2.39. The highest BCUT2D eigenvalue weighted by Gasteiger charge is 2.32. The first kappa shape index (κ1) is 46.6. The summed E-state index contributed by atoms with van der Waals surface area (Å²) in [4.78, 5) is 4.24. The Balaban J connectivity index is 0.000000234. The zero-order valence-electron chi connectivity index (χ0n) is 33.4. The van der Waals surface area contributed by atoms with Gasteiger partial charge in [-0.1, -0.05) is 137 Å². The Morgan fingerprint density at radius 2 is 0.847 bits per heavy atom. The number of benzene rings is 6. The third kappa shape index (κ3) is 13.5. The lowest BCUT2D eigenvalue weighted by Gasteiger charge is -2.32. The van der Waals surface area contributed by atoms with Crippen molar-refractivity contribution in [2.75, 3.05) is 23.9 Å². The monoisotopic (exact) mass is 840 g/mol. The van der Waals surface area contributed by atoms with Crippen molar-refractivity contribution in [1.82, 2.24) is 0 Å². The molecule has 0 saturated heterocycles. The first-order valence-electron chi connectivity index (χ1n) is 19.3. The van der Waals surface area contributed by atoms with E-state index >= 15 is 0 Å². The topological polar surface area (TPSA) is 81.1 Å². The first-order chi connectivity index (χ1) is 27.8. The van der Waals surface area contributed by atoms with Gasteiger partial charge in [-0.3, -0.25) is 9.11 Å². The van der Waals surface area contributed by atoms with Crippen LogP contribution in [0.3, 0.4) is 0 Å². The number of nitrogens with zero attached hydrogens (tertiary/aromatic N) is 2. The van der Waals surface area contributed by atoms with Crippen molar-refractivity contribution in [3.63, 3.8) is 0 Å². The maximum absolute atomic E-state index is 13.2. The van der Waals surface area contributed by atoms with Gasteiger partial charge >= 0.3 is 22.8 Å². The second-order valence-corrected chi connectivity index (χ2v) is 15.1. The van der Waals surface area contributed by atoms with E-state index < -0.39 is 33.9 Å². The summed E-state index contributed by atoms with van der Waals surface area (Å²) in [6.45, 7) is 4.20. The number of fused-ring (bicyclic) bond motifs is 2. The van der Waals surface area contributed by atoms with Gasteiger partial charge in [0.15, 0.2) is 0 Å². The molecular formula is C46H50F6N2O4S. The zero-order valence-corrected chi connectivity index (χ0v) is 34.2. The minimum absolute atomic E-state index is 0.113. The van der Waals surface area contributed by atoms with Crippen molar-refractivity contribution in [3.8, 4) is 0 Å². The van der Waals surface area contributed by atoms with Gasteiger partial charge < -0.3 is 9.80 Å². The molecule has 2 unspecified atom stereocenters. The van der Waals surface area contributed by atoms with Crippen LogP contribution in [0.25, 0.3) is 21.5 Å². The summed E-state index contributed by atoms with van der Waals surface area (Å²) in [5.41, 5.74) is 2.29. The number of rotatable bonds is 12. The number of hydrogen-bond donors (Lipinski definition) is 2. The van der Waals surface area contributed by atoms with Gasteiger partial charge in [0.25, 0.3) is 0 Å². The van der Waals surface area contributed by atoms with Crippen molar-refractivity contribution in [2.24, 2.45) is 0 Å². The molecule has 0 aliphatic rings. The van der Waals surface area contributed by atoms with Crippen molar-refractivity contribution >= 4 is 43.3 Å². The normalized spacial score (nSPS) is 12.8. The lowest BCUT2D eigenvalue weighted by atomic mass is 9.96. The van der Waals surface area contributed by atoms with Crippen LogP contribution >= 0.6 is 0 Å². The average molecular weight is 841 g/mol. The molecule has 59 heavy (non-hydrogen) atoms. The quantitative estimate of drug-likeness (QED) is 0.0944. The summed E-state index contributed by atoms with van der Waals surface area (Å²) < 4.78 is 111. The summed E-state index contributed by atoms with van der Waals surface area (Å²) in [6.07, 6.45) is -3.15. The first-order valence-corrected chi connectivity index (χ1v) is 20.7. The summed E-state index contributed by atoms with van der Waals surface area (Å²) in [6, 6.07) is 39.6. The van der Waals surface area contributed by atoms with E-state index in [1.165, 1.54) is 24.3 Å². The van der Waals surface area contributed by atoms with Gasteiger partial charge in [0.1, 0.15) is 0 Å². The van der Waals surface area contributed by atoms with Gasteiger partial charge in [-0.25, -0.2) is 0 Å². The molecule has 0 radical (unpaired) electrons. The van der Waals surface area contributed by atoms with E-state index in [1.807, 2.05) is 62.6 Å². The van der Waals surface area contributed by atoms with E-state index in [0.29, 0.717) is 11.1 Å². The molecule has 0 aliphatic carbocycles. The van der Waals surface area contributed by atoms with Crippen LogP contribution in [0.2, 0.25) is 0 Å². The number of unbranched alkanes of at least 4 members (excludes halogenated alkanes) is 2. The SMILES string of the molecule is CCCCC(c1cccc(C(F)(F)F)c1)N(C)c1cccc2ccccc12.CCCCC(c1cccc(C(F)(F)F)c1)N(C)c1cccc2ccccc12.O=S(=O)(O)O. The van der Waals surface area contributed by atoms with Crippen molar-refractivity contribution in [2.45, 2.75) is 76.8 Å². The molecule has 6 aromatic rings. The molecule has 6 rings (SSSR count). The van der Waals surface area contributed by atoms with Crippen molar-refractivity contribution in [3.05, 3.63) is 156 Å². The maximum Gasteiger partial charge on any atom is 0.416 e. The van der Waals surface area contributed by atoms with Crippen molar-refractivity contribution in [1.29, 1.82) is 0 Å². The van der Waals surface area contributed by atoms with Gasteiger partial charge in [-0.15, -0.1) is 0 Å². The van der Waals surface area contributed by atoms with Crippen LogP contribution in [0.15, 0.2) is 133 Å². The van der Waals surface area contributed by atoms with E-state index in [0.717, 1.165) is 83.6 Å². The van der Waals surface area contributed by atoms with Gasteiger partial charge in [-0.05, 0) is 71.1 Å². The largest absolute Gasteiger partial charge is 0.416 e. The molecular weight excluding hydrogens is 791 g/mol. The van der Waals surface area contributed by atoms with E-state index in [9.17, 15) is 26.3 Å². The van der Waals surface area contributed by atoms with Crippen LogP contribution in [-0.2, 0) is 22.8 Å². The van der Waals surface area contributed by atoms with E-state index in [1.54, 1.807) is 12.1 Å². The Kier molecular flexibility index (Phi) is 16.4. The molecule has 13 heteroatoms. The molecule has 0 amide bonds. The second-order valence-electron chi connectivity index (χ2n) is 14.2. The molecule has 0 fully saturated rings. The molecule has 0 aromatic heterocycles. The molecule has 0 bridgehead atoms. The molecule has 6 aromatic carbocycles. The van der Waals surface area contributed by atoms with Crippen LogP contribution in [0.4, 0.5) is 37.7 Å². The Morgan fingerprint density at radius 1 is 0.525 bits per heavy atom. The Morgan fingerprint density at radius 3 is 1.19 bits per heavy atom. The predicted octanol–water partition coefficient (Wildman–Crippen LogP) is 13.8. The Hall–Kier alpha value is -5.11. The number of anilines is 2. The minimum atomic E-state index is -4.67. The standard InChI is InChI=1S/2C23H24F3N.H2O4S/c2*1-3-4-14-21(18-11-7-12-19(16-18)23(24,25)26)27(2)22-15-8-10-17-9-5-6-13-20(17)22;1-5(2,3)4/h2*5-13,15-16,21H,3-4,14H2,1-2H3;(H2,1,2,3,4). The van der Waals surface area contributed by atoms with E-state index in [2.05, 4.69) is 60.0 Å². The highest BCUT2D eigenvalue weighted by molar-refractivity contribution is 7.79. The summed E-state index contributed by atoms with van der Waals surface area (Å²) in [5, 5.41) is 4.47. The van der Waals surface area contributed by atoms with Crippen LogP contribution < -0.4 is 9.80 Å². The molecule has 2 atom stereocenters. The molecule has 0 spiro atoms. The third-order valence-electron chi connectivity index (χ3n) is 10.1. The van der Waals surface area contributed by atoms with Gasteiger partial charge in [0.05, 0.1) is 23.2 Å². The number of hydrogen-bond acceptors (Lipinski definition) is 4. The summed E-state index contributed by atoms with van der Waals surface area (Å²) in [5.74, 6) is 0. The number of alkyl halides is 6. The van der Waals surface area contributed by atoms with Crippen LogP contribution in [0.5, 0.6) is 0 Å². The van der Waals surface area contributed by atoms with Crippen LogP contribution in [-0.4, -0.2) is 31.6 Å². The lowest BCUT2D eigenvalue weighted by molar-refractivity contribution is -0.138. The minimum Gasteiger partial charge on any atom is -0.367 e. The highest BCUT2D eigenvalue weighted by atomic mass is 32.3. The van der Waals surface area contributed by atoms with Crippen LogP contribution in [0, 0.1) is 0 Å². The lowest BCUT2D eigenvalue weighted by Crippen LogP contribution is -2.25. The molecule has 0 saturated carbocycles. The van der Waals surface area contributed by atoms with Crippen LogP contribution in [0.1, 0.15) is 86.7 Å².